The predicted molar refractivity (Wildman–Crippen MR) is 111 cm³/mol. The van der Waals surface area contributed by atoms with Crippen LogP contribution in [0.3, 0.4) is 0 Å². The maximum absolute atomic E-state index is 12.1. The molecule has 2 aromatic carbocycles. The van der Waals surface area contributed by atoms with Crippen LogP contribution in [0.5, 0.6) is 5.75 Å². The van der Waals surface area contributed by atoms with E-state index in [1.54, 1.807) is 0 Å². The molecule has 1 N–H and O–H groups in total. The van der Waals surface area contributed by atoms with Crippen molar-refractivity contribution >= 4 is 55.1 Å². The summed E-state index contributed by atoms with van der Waals surface area (Å²) in [6.07, 6.45) is 0. The van der Waals surface area contributed by atoms with Gasteiger partial charge >= 0.3 is 0 Å². The zero-order valence-corrected chi connectivity index (χ0v) is 17.9. The summed E-state index contributed by atoms with van der Waals surface area (Å²) in [5.74, 6) is 0.348. The number of halogens is 2. The summed E-state index contributed by atoms with van der Waals surface area (Å²) in [7, 11) is 1.84. The zero-order chi connectivity index (χ0) is 18.4. The van der Waals surface area contributed by atoms with E-state index in [1.165, 1.54) is 0 Å². The zero-order valence-electron chi connectivity index (χ0n) is 13.9. The molecule has 0 bridgehead atoms. The van der Waals surface area contributed by atoms with Crippen molar-refractivity contribution in [2.45, 2.75) is 13.5 Å². The SMILES string of the molecule is Cc1cc(Br)cc(Br)c1OCC(=O)NC(=S)N(C)Cc1ccccc1. The molecule has 132 valence electrons. The fourth-order valence-electron chi connectivity index (χ4n) is 2.19. The Balaban J connectivity index is 1.86. The number of thiocarbonyl (C=S) groups is 1. The van der Waals surface area contributed by atoms with E-state index in [-0.39, 0.29) is 12.5 Å². The molecule has 2 rings (SSSR count). The van der Waals surface area contributed by atoms with Gasteiger partial charge in [-0.25, -0.2) is 0 Å². The van der Waals surface area contributed by atoms with Crippen LogP contribution < -0.4 is 10.1 Å². The Labute approximate surface area is 169 Å². The average Bonchev–Trinajstić information content (AvgIpc) is 2.54. The van der Waals surface area contributed by atoms with E-state index in [9.17, 15) is 4.79 Å². The molecule has 0 heterocycles. The molecule has 0 aliphatic rings. The van der Waals surface area contributed by atoms with Crippen LogP contribution in [0, 0.1) is 6.92 Å². The summed E-state index contributed by atoms with van der Waals surface area (Å²) in [5, 5.41) is 3.05. The Bertz CT molecular complexity index is 746. The molecule has 0 unspecified atom stereocenters. The second-order valence-corrected chi connectivity index (χ2v) is 7.67. The number of hydrogen-bond acceptors (Lipinski definition) is 3. The fraction of sp³-hybridized carbons (Fsp3) is 0.222. The molecule has 2 aromatic rings. The predicted octanol–water partition coefficient (Wildman–Crippen LogP) is 4.43. The Morgan fingerprint density at radius 3 is 2.56 bits per heavy atom. The van der Waals surface area contributed by atoms with Gasteiger partial charge in [0.05, 0.1) is 4.47 Å². The van der Waals surface area contributed by atoms with Gasteiger partial charge in [-0.1, -0.05) is 46.3 Å². The molecule has 0 saturated carbocycles. The van der Waals surface area contributed by atoms with Gasteiger partial charge < -0.3 is 15.0 Å². The van der Waals surface area contributed by atoms with Crippen LogP contribution in [0.15, 0.2) is 51.4 Å². The van der Waals surface area contributed by atoms with E-state index in [2.05, 4.69) is 37.2 Å². The van der Waals surface area contributed by atoms with Gasteiger partial charge in [0.1, 0.15) is 5.75 Å². The van der Waals surface area contributed by atoms with E-state index < -0.39 is 0 Å². The number of benzene rings is 2. The summed E-state index contributed by atoms with van der Waals surface area (Å²) >= 11 is 12.1. The molecule has 0 aliphatic heterocycles. The molecule has 25 heavy (non-hydrogen) atoms. The van der Waals surface area contributed by atoms with Crippen molar-refractivity contribution < 1.29 is 9.53 Å². The van der Waals surface area contributed by atoms with E-state index in [1.807, 2.05) is 61.3 Å². The number of aryl methyl sites for hydroxylation is 1. The summed E-state index contributed by atoms with van der Waals surface area (Å²) < 4.78 is 7.36. The number of carbonyl (C=O) groups is 1. The number of hydrogen-bond donors (Lipinski definition) is 1. The highest BCUT2D eigenvalue weighted by Crippen LogP contribution is 2.32. The van der Waals surface area contributed by atoms with Gasteiger partial charge in [-0.05, 0) is 58.3 Å². The van der Waals surface area contributed by atoms with E-state index in [0.29, 0.717) is 17.4 Å². The largest absolute Gasteiger partial charge is 0.482 e. The van der Waals surface area contributed by atoms with Crippen molar-refractivity contribution in [2.75, 3.05) is 13.7 Å². The van der Waals surface area contributed by atoms with E-state index in [0.717, 1.165) is 20.1 Å². The van der Waals surface area contributed by atoms with Gasteiger partial charge in [0, 0.05) is 18.1 Å². The molecule has 0 spiro atoms. The Hall–Kier alpha value is -1.44. The minimum absolute atomic E-state index is 0.111. The van der Waals surface area contributed by atoms with Gasteiger partial charge in [0.2, 0.25) is 0 Å². The first-order valence-corrected chi connectivity index (χ1v) is 9.53. The Morgan fingerprint density at radius 1 is 1.24 bits per heavy atom. The third-order valence-electron chi connectivity index (χ3n) is 3.40. The fourth-order valence-corrected chi connectivity index (χ4v) is 3.92. The van der Waals surface area contributed by atoms with Crippen molar-refractivity contribution in [1.29, 1.82) is 0 Å². The van der Waals surface area contributed by atoms with E-state index in [4.69, 9.17) is 17.0 Å². The van der Waals surface area contributed by atoms with Gasteiger partial charge in [-0.3, -0.25) is 4.79 Å². The van der Waals surface area contributed by atoms with Crippen LogP contribution >= 0.6 is 44.1 Å². The van der Waals surface area contributed by atoms with Gasteiger partial charge in [0.25, 0.3) is 5.91 Å². The standard InChI is InChI=1S/C18H18Br2N2O2S/c1-12-8-14(19)9-15(20)17(12)24-11-16(23)21-18(25)22(2)10-13-6-4-3-5-7-13/h3-9H,10-11H2,1-2H3,(H,21,23,25). The third kappa shape index (κ3) is 6.09. The van der Waals surface area contributed by atoms with E-state index >= 15 is 0 Å². The number of nitrogens with zero attached hydrogens (tertiary/aromatic N) is 1. The highest BCUT2D eigenvalue weighted by atomic mass is 79.9. The van der Waals surface area contributed by atoms with Crippen molar-refractivity contribution in [3.05, 3.63) is 62.5 Å². The number of rotatable bonds is 5. The van der Waals surface area contributed by atoms with Crippen LogP contribution in [0.1, 0.15) is 11.1 Å². The van der Waals surface area contributed by atoms with Gasteiger partial charge in [0.15, 0.2) is 11.7 Å². The number of amides is 1. The molecule has 0 fully saturated rings. The van der Waals surface area contributed by atoms with Crippen molar-refractivity contribution in [3.63, 3.8) is 0 Å². The molecule has 0 aliphatic carbocycles. The number of carbonyl (C=O) groups excluding carboxylic acids is 1. The van der Waals surface area contributed by atoms with Gasteiger partial charge in [-0.15, -0.1) is 0 Å². The topological polar surface area (TPSA) is 41.6 Å². The second kappa shape index (κ2) is 9.31. The molecular weight excluding hydrogens is 468 g/mol. The minimum atomic E-state index is -0.292. The summed E-state index contributed by atoms with van der Waals surface area (Å²) in [6, 6.07) is 13.7. The maximum Gasteiger partial charge on any atom is 0.264 e. The average molecular weight is 486 g/mol. The number of ether oxygens (including phenoxy) is 1. The monoisotopic (exact) mass is 484 g/mol. The quantitative estimate of drug-likeness (QED) is 0.636. The van der Waals surface area contributed by atoms with Crippen molar-refractivity contribution in [3.8, 4) is 5.75 Å². The molecule has 1 amide bonds. The highest BCUT2D eigenvalue weighted by Gasteiger charge is 2.12. The first-order chi connectivity index (χ1) is 11.9. The Morgan fingerprint density at radius 2 is 1.92 bits per heavy atom. The van der Waals surface area contributed by atoms with Crippen LogP contribution in [-0.2, 0) is 11.3 Å². The molecule has 0 atom stereocenters. The van der Waals surface area contributed by atoms with Crippen LogP contribution in [-0.4, -0.2) is 29.6 Å². The highest BCUT2D eigenvalue weighted by molar-refractivity contribution is 9.11. The normalized spacial score (nSPS) is 10.2. The first-order valence-electron chi connectivity index (χ1n) is 7.54. The molecule has 4 nitrogen and oxygen atoms in total. The molecule has 7 heteroatoms. The number of nitrogens with one attached hydrogen (secondary N) is 1. The second-order valence-electron chi connectivity index (χ2n) is 5.52. The van der Waals surface area contributed by atoms with Crippen LogP contribution in [0.25, 0.3) is 0 Å². The lowest BCUT2D eigenvalue weighted by Crippen LogP contribution is -2.42. The lowest BCUT2D eigenvalue weighted by molar-refractivity contribution is -0.121. The molecular formula is C18H18Br2N2O2S. The lowest BCUT2D eigenvalue weighted by atomic mass is 10.2. The lowest BCUT2D eigenvalue weighted by Gasteiger charge is -2.20. The van der Waals surface area contributed by atoms with Crippen molar-refractivity contribution in [1.82, 2.24) is 10.2 Å². The maximum atomic E-state index is 12.1. The summed E-state index contributed by atoms with van der Waals surface area (Å²) in [4.78, 5) is 13.9. The smallest absolute Gasteiger partial charge is 0.264 e. The molecule has 0 aromatic heterocycles. The van der Waals surface area contributed by atoms with Crippen molar-refractivity contribution in [2.24, 2.45) is 0 Å². The molecule has 0 saturated heterocycles. The summed E-state index contributed by atoms with van der Waals surface area (Å²) in [6.45, 7) is 2.43. The first kappa shape index (κ1) is 19.9. The van der Waals surface area contributed by atoms with Crippen LogP contribution in [0.2, 0.25) is 0 Å². The van der Waals surface area contributed by atoms with Gasteiger partial charge in [-0.2, -0.15) is 0 Å². The Kier molecular flexibility index (Phi) is 7.40. The molecule has 0 radical (unpaired) electrons. The van der Waals surface area contributed by atoms with Crippen LogP contribution in [0.4, 0.5) is 0 Å². The third-order valence-corrected chi connectivity index (χ3v) is 4.86. The summed E-state index contributed by atoms with van der Waals surface area (Å²) in [5.41, 5.74) is 2.05. The minimum Gasteiger partial charge on any atom is -0.482 e.